The van der Waals surface area contributed by atoms with Gasteiger partial charge in [-0.2, -0.15) is 0 Å². The molecule has 0 radical (unpaired) electrons. The standard InChI is InChI=1S/C65H48N2/c1-64(2)56-35-45(26-30-50(56)51-32-28-47(37-58(51)64)48-38-60(41-16-7-5-8-17-41)66-61(39-48)42-18-9-6-10-19-42)43-20-15-21-44(34-43)46-27-31-52-53-33-29-49(40-59(53)65(3,4)57(52)36-46)67-62-24-13-11-22-54(62)55-23-12-14-25-63(55)67/h5-40H,1-4H3. The van der Waals surface area contributed by atoms with Crippen molar-refractivity contribution in [2.75, 3.05) is 0 Å². The molecule has 2 aliphatic rings. The molecule has 0 unspecified atom stereocenters. The molecule has 0 amide bonds. The zero-order chi connectivity index (χ0) is 45.0. The molecule has 11 aromatic rings. The zero-order valence-electron chi connectivity index (χ0n) is 38.2. The molecule has 2 heteroatoms. The molecule has 0 saturated heterocycles. The van der Waals surface area contributed by atoms with Crippen molar-refractivity contribution in [2.24, 2.45) is 0 Å². The molecule has 0 atom stereocenters. The molecule has 0 aliphatic heterocycles. The molecule has 0 bridgehead atoms. The second-order valence-electron chi connectivity index (χ2n) is 19.6. The van der Waals surface area contributed by atoms with E-state index in [4.69, 9.17) is 4.98 Å². The molecule has 318 valence electrons. The summed E-state index contributed by atoms with van der Waals surface area (Å²) in [6.07, 6.45) is 0. The second kappa shape index (κ2) is 14.7. The highest BCUT2D eigenvalue weighted by Gasteiger charge is 2.37. The third-order valence-corrected chi connectivity index (χ3v) is 15.0. The molecule has 13 rings (SSSR count). The van der Waals surface area contributed by atoms with Gasteiger partial charge in [0.2, 0.25) is 0 Å². The van der Waals surface area contributed by atoms with Gasteiger partial charge in [-0.3, -0.25) is 0 Å². The summed E-state index contributed by atoms with van der Waals surface area (Å²) in [5.41, 5.74) is 25.6. The molecule has 2 heterocycles. The Labute approximate surface area is 392 Å². The van der Waals surface area contributed by atoms with E-state index in [-0.39, 0.29) is 10.8 Å². The van der Waals surface area contributed by atoms with E-state index in [1.807, 2.05) is 0 Å². The fourth-order valence-electron chi connectivity index (χ4n) is 11.4. The molecule has 9 aromatic carbocycles. The van der Waals surface area contributed by atoms with Gasteiger partial charge in [0.1, 0.15) is 0 Å². The first-order chi connectivity index (χ1) is 32.7. The minimum atomic E-state index is -0.187. The Morgan fingerprint density at radius 2 is 0.672 bits per heavy atom. The van der Waals surface area contributed by atoms with Crippen LogP contribution >= 0.6 is 0 Å². The largest absolute Gasteiger partial charge is 0.309 e. The van der Waals surface area contributed by atoms with Gasteiger partial charge in [0, 0.05) is 38.4 Å². The van der Waals surface area contributed by atoms with E-state index >= 15 is 0 Å². The van der Waals surface area contributed by atoms with Crippen LogP contribution in [0.4, 0.5) is 0 Å². The van der Waals surface area contributed by atoms with E-state index in [1.54, 1.807) is 0 Å². The van der Waals surface area contributed by atoms with Crippen molar-refractivity contribution >= 4 is 21.8 Å². The number of hydrogen-bond donors (Lipinski definition) is 0. The van der Waals surface area contributed by atoms with Crippen molar-refractivity contribution in [1.82, 2.24) is 9.55 Å². The van der Waals surface area contributed by atoms with E-state index in [0.29, 0.717) is 0 Å². The molecule has 2 nitrogen and oxygen atoms in total. The van der Waals surface area contributed by atoms with Crippen molar-refractivity contribution in [1.29, 1.82) is 0 Å². The van der Waals surface area contributed by atoms with Gasteiger partial charge in [-0.15, -0.1) is 0 Å². The predicted molar refractivity (Wildman–Crippen MR) is 281 cm³/mol. The van der Waals surface area contributed by atoms with Gasteiger partial charge < -0.3 is 4.57 Å². The lowest BCUT2D eigenvalue weighted by molar-refractivity contribution is 0.660. The highest BCUT2D eigenvalue weighted by molar-refractivity contribution is 6.09. The molecule has 2 aromatic heterocycles. The summed E-state index contributed by atoms with van der Waals surface area (Å²) in [7, 11) is 0. The van der Waals surface area contributed by atoms with Crippen molar-refractivity contribution in [2.45, 2.75) is 38.5 Å². The number of pyridine rings is 1. The monoisotopic (exact) mass is 856 g/mol. The number of fused-ring (bicyclic) bond motifs is 9. The molecular weight excluding hydrogens is 809 g/mol. The van der Waals surface area contributed by atoms with Gasteiger partial charge in [0.15, 0.2) is 0 Å². The molecule has 67 heavy (non-hydrogen) atoms. The van der Waals surface area contributed by atoms with E-state index in [0.717, 1.165) is 22.5 Å². The molecule has 0 N–H and O–H groups in total. The van der Waals surface area contributed by atoms with Gasteiger partial charge in [-0.1, -0.05) is 185 Å². The summed E-state index contributed by atoms with van der Waals surface area (Å²) in [4.78, 5) is 5.15. The van der Waals surface area contributed by atoms with Crippen LogP contribution < -0.4 is 0 Å². The normalized spacial score (nSPS) is 13.9. The van der Waals surface area contributed by atoms with Crippen LogP contribution in [0.1, 0.15) is 49.9 Å². The lowest BCUT2D eigenvalue weighted by Gasteiger charge is -2.23. The maximum atomic E-state index is 5.15. The Morgan fingerprint density at radius 1 is 0.299 bits per heavy atom. The Bertz CT molecular complexity index is 3680. The Hall–Kier alpha value is -8.07. The van der Waals surface area contributed by atoms with E-state index in [2.05, 4.69) is 251 Å². The first-order valence-electron chi connectivity index (χ1n) is 23.5. The quantitative estimate of drug-likeness (QED) is 0.163. The fraction of sp³-hybridized carbons (Fsp3) is 0.0923. The van der Waals surface area contributed by atoms with Gasteiger partial charge >= 0.3 is 0 Å². The fourth-order valence-corrected chi connectivity index (χ4v) is 11.4. The Morgan fingerprint density at radius 3 is 1.15 bits per heavy atom. The zero-order valence-corrected chi connectivity index (χ0v) is 38.2. The van der Waals surface area contributed by atoms with E-state index < -0.39 is 0 Å². The van der Waals surface area contributed by atoms with Crippen molar-refractivity contribution in [3.63, 3.8) is 0 Å². The minimum absolute atomic E-state index is 0.167. The maximum Gasteiger partial charge on any atom is 0.0715 e. The van der Waals surface area contributed by atoms with Crippen LogP contribution in [0.25, 0.3) is 106 Å². The van der Waals surface area contributed by atoms with Gasteiger partial charge in [0.25, 0.3) is 0 Å². The molecule has 0 spiro atoms. The van der Waals surface area contributed by atoms with Crippen LogP contribution in [0, 0.1) is 0 Å². The van der Waals surface area contributed by atoms with Gasteiger partial charge in [0.05, 0.1) is 22.4 Å². The summed E-state index contributed by atoms with van der Waals surface area (Å²) in [6, 6.07) is 80.6. The molecule has 2 aliphatic carbocycles. The molecule has 0 fully saturated rings. The summed E-state index contributed by atoms with van der Waals surface area (Å²) >= 11 is 0. The Kier molecular flexibility index (Phi) is 8.64. The van der Waals surface area contributed by atoms with E-state index in [9.17, 15) is 0 Å². The smallest absolute Gasteiger partial charge is 0.0715 e. The molecule has 0 saturated carbocycles. The first-order valence-corrected chi connectivity index (χ1v) is 23.5. The number of para-hydroxylation sites is 2. The number of nitrogens with zero attached hydrogens (tertiary/aromatic N) is 2. The lowest BCUT2D eigenvalue weighted by Crippen LogP contribution is -2.15. The van der Waals surface area contributed by atoms with E-state index in [1.165, 1.54) is 105 Å². The number of benzene rings is 9. The lowest BCUT2D eigenvalue weighted by atomic mass is 9.80. The number of rotatable bonds is 6. The summed E-state index contributed by atoms with van der Waals surface area (Å²) in [6.45, 7) is 9.55. The Balaban J connectivity index is 0.824. The van der Waals surface area contributed by atoms with Crippen LogP contribution in [0.15, 0.2) is 218 Å². The molecular formula is C65H48N2. The topological polar surface area (TPSA) is 17.8 Å². The summed E-state index contributed by atoms with van der Waals surface area (Å²) in [5.74, 6) is 0. The average molecular weight is 857 g/mol. The number of aromatic nitrogens is 2. The summed E-state index contributed by atoms with van der Waals surface area (Å²) in [5, 5.41) is 2.57. The first kappa shape index (κ1) is 39.3. The predicted octanol–water partition coefficient (Wildman–Crippen LogP) is 17.1. The van der Waals surface area contributed by atoms with Crippen molar-refractivity contribution in [3.8, 4) is 83.8 Å². The van der Waals surface area contributed by atoms with Crippen LogP contribution in [0.5, 0.6) is 0 Å². The van der Waals surface area contributed by atoms with Crippen molar-refractivity contribution in [3.05, 3.63) is 241 Å². The third kappa shape index (κ3) is 6.13. The highest BCUT2D eigenvalue weighted by atomic mass is 15.0. The average Bonchev–Trinajstić information content (AvgIpc) is 3.92. The second-order valence-corrected chi connectivity index (χ2v) is 19.6. The minimum Gasteiger partial charge on any atom is -0.309 e. The van der Waals surface area contributed by atoms with Crippen LogP contribution in [-0.2, 0) is 10.8 Å². The van der Waals surface area contributed by atoms with Gasteiger partial charge in [-0.25, -0.2) is 4.98 Å². The SMILES string of the molecule is CC1(C)c2cc(-c3cccc(-c4ccc5c(c4)C(C)(C)c4cc(-n6c7ccccc7c7ccccc76)ccc4-5)c3)ccc2-c2ccc(-c3cc(-c4ccccc4)nc(-c4ccccc4)c3)cc21. The van der Waals surface area contributed by atoms with Gasteiger partial charge in [-0.05, 0) is 139 Å². The maximum absolute atomic E-state index is 5.15. The van der Waals surface area contributed by atoms with Crippen molar-refractivity contribution < 1.29 is 0 Å². The van der Waals surface area contributed by atoms with Crippen LogP contribution in [-0.4, -0.2) is 9.55 Å². The van der Waals surface area contributed by atoms with Crippen LogP contribution in [0.3, 0.4) is 0 Å². The summed E-state index contributed by atoms with van der Waals surface area (Å²) < 4.78 is 2.43. The van der Waals surface area contributed by atoms with Crippen LogP contribution in [0.2, 0.25) is 0 Å². The third-order valence-electron chi connectivity index (χ3n) is 15.0. The number of hydrogen-bond acceptors (Lipinski definition) is 1. The highest BCUT2D eigenvalue weighted by Crippen LogP contribution is 2.53.